The van der Waals surface area contributed by atoms with Gasteiger partial charge in [-0.05, 0) is 37.0 Å². The summed E-state index contributed by atoms with van der Waals surface area (Å²) in [5.74, 6) is 0.236. The summed E-state index contributed by atoms with van der Waals surface area (Å²) in [5, 5.41) is 15.5. The van der Waals surface area contributed by atoms with Gasteiger partial charge in [0.25, 0.3) is 0 Å². The summed E-state index contributed by atoms with van der Waals surface area (Å²) >= 11 is 11.9. The molecule has 0 aliphatic carbocycles. The van der Waals surface area contributed by atoms with Crippen molar-refractivity contribution in [3.63, 3.8) is 0 Å². The molecule has 0 aromatic heterocycles. The van der Waals surface area contributed by atoms with E-state index in [0.29, 0.717) is 23.0 Å². The molecule has 20 heavy (non-hydrogen) atoms. The van der Waals surface area contributed by atoms with E-state index in [4.69, 9.17) is 28.3 Å². The quantitative estimate of drug-likeness (QED) is 0.753. The zero-order chi connectivity index (χ0) is 15.1. The van der Waals surface area contributed by atoms with Crippen LogP contribution in [0, 0.1) is 5.92 Å². The normalized spacial score (nSPS) is 13.7. The minimum atomic E-state index is -0.256. The van der Waals surface area contributed by atoms with Gasteiger partial charge >= 0.3 is 6.03 Å². The van der Waals surface area contributed by atoms with Crippen molar-refractivity contribution in [3.8, 4) is 0 Å². The number of benzene rings is 1. The van der Waals surface area contributed by atoms with E-state index in [9.17, 15) is 4.79 Å². The van der Waals surface area contributed by atoms with Gasteiger partial charge in [-0.3, -0.25) is 0 Å². The number of aliphatic hydroxyl groups excluding tert-OH is 1. The molecule has 0 heterocycles. The summed E-state index contributed by atoms with van der Waals surface area (Å²) < 4.78 is 0. The van der Waals surface area contributed by atoms with Gasteiger partial charge in [0, 0.05) is 23.2 Å². The second-order valence-electron chi connectivity index (χ2n) is 4.86. The zero-order valence-electron chi connectivity index (χ0n) is 11.6. The van der Waals surface area contributed by atoms with Crippen molar-refractivity contribution < 1.29 is 9.90 Å². The molecule has 0 aliphatic rings. The fourth-order valence-electron chi connectivity index (χ4n) is 1.77. The SMILES string of the molecule is CC(CCO)CNC(=O)NC(C)c1ccc(Cl)cc1Cl. The van der Waals surface area contributed by atoms with Gasteiger partial charge in [0.2, 0.25) is 0 Å². The Morgan fingerprint density at radius 3 is 2.65 bits per heavy atom. The van der Waals surface area contributed by atoms with Crippen LogP contribution >= 0.6 is 23.2 Å². The molecule has 6 heteroatoms. The zero-order valence-corrected chi connectivity index (χ0v) is 13.1. The number of urea groups is 1. The Morgan fingerprint density at radius 2 is 2.05 bits per heavy atom. The van der Waals surface area contributed by atoms with Crippen molar-refractivity contribution in [2.24, 2.45) is 5.92 Å². The molecule has 1 aromatic rings. The number of amides is 2. The second kappa shape index (κ2) is 8.35. The first-order valence-electron chi connectivity index (χ1n) is 6.54. The van der Waals surface area contributed by atoms with Crippen LogP contribution in [0.25, 0.3) is 0 Å². The Hall–Kier alpha value is -0.970. The van der Waals surface area contributed by atoms with Crippen LogP contribution in [0.5, 0.6) is 0 Å². The molecule has 1 aromatic carbocycles. The standard InChI is InChI=1S/C14H20Cl2N2O2/c1-9(5-6-19)8-17-14(20)18-10(2)12-4-3-11(15)7-13(12)16/h3-4,7,9-10,19H,5-6,8H2,1-2H3,(H2,17,18,20). The molecule has 0 aliphatic heterocycles. The van der Waals surface area contributed by atoms with E-state index >= 15 is 0 Å². The first-order chi connectivity index (χ1) is 9.43. The third-order valence-electron chi connectivity index (χ3n) is 3.01. The number of rotatable bonds is 6. The molecule has 2 atom stereocenters. The number of halogens is 2. The highest BCUT2D eigenvalue weighted by molar-refractivity contribution is 6.35. The minimum Gasteiger partial charge on any atom is -0.396 e. The van der Waals surface area contributed by atoms with Gasteiger partial charge in [-0.2, -0.15) is 0 Å². The molecule has 4 nitrogen and oxygen atoms in total. The van der Waals surface area contributed by atoms with E-state index in [1.807, 2.05) is 13.8 Å². The first kappa shape index (κ1) is 17.1. The van der Waals surface area contributed by atoms with Gasteiger partial charge in [0.05, 0.1) is 6.04 Å². The number of carbonyl (C=O) groups is 1. The Kier molecular flexibility index (Phi) is 7.13. The molecule has 112 valence electrons. The molecule has 1 rings (SSSR count). The highest BCUT2D eigenvalue weighted by Crippen LogP contribution is 2.25. The van der Waals surface area contributed by atoms with Crippen molar-refractivity contribution in [2.45, 2.75) is 26.3 Å². The molecule has 2 amide bonds. The molecule has 3 N–H and O–H groups in total. The van der Waals surface area contributed by atoms with E-state index in [-0.39, 0.29) is 24.6 Å². The van der Waals surface area contributed by atoms with E-state index in [2.05, 4.69) is 10.6 Å². The lowest BCUT2D eigenvalue weighted by Crippen LogP contribution is -2.39. The highest BCUT2D eigenvalue weighted by atomic mass is 35.5. The lowest BCUT2D eigenvalue weighted by molar-refractivity contribution is 0.231. The van der Waals surface area contributed by atoms with Crippen LogP contribution in [0.4, 0.5) is 4.79 Å². The van der Waals surface area contributed by atoms with Gasteiger partial charge in [-0.1, -0.05) is 36.2 Å². The van der Waals surface area contributed by atoms with Crippen LogP contribution in [0.1, 0.15) is 31.9 Å². The van der Waals surface area contributed by atoms with E-state index in [1.54, 1.807) is 18.2 Å². The summed E-state index contributed by atoms with van der Waals surface area (Å²) in [6, 6.07) is 4.71. The summed E-state index contributed by atoms with van der Waals surface area (Å²) in [6.07, 6.45) is 0.666. The second-order valence-corrected chi connectivity index (χ2v) is 5.70. The van der Waals surface area contributed by atoms with Gasteiger partial charge in [0.15, 0.2) is 0 Å². The number of nitrogens with one attached hydrogen (secondary N) is 2. The molecule has 0 saturated heterocycles. The summed E-state index contributed by atoms with van der Waals surface area (Å²) in [6.45, 7) is 4.47. The van der Waals surface area contributed by atoms with E-state index < -0.39 is 0 Å². The van der Waals surface area contributed by atoms with Crippen LogP contribution in [0.2, 0.25) is 10.0 Å². The average Bonchev–Trinajstić information content (AvgIpc) is 2.36. The maximum Gasteiger partial charge on any atom is 0.315 e. The molecule has 2 unspecified atom stereocenters. The van der Waals surface area contributed by atoms with Crippen molar-refractivity contribution in [1.29, 1.82) is 0 Å². The smallest absolute Gasteiger partial charge is 0.315 e. The Bertz CT molecular complexity index is 455. The van der Waals surface area contributed by atoms with Gasteiger partial charge in [-0.25, -0.2) is 4.79 Å². The van der Waals surface area contributed by atoms with Crippen LogP contribution in [0.15, 0.2) is 18.2 Å². The predicted octanol–water partition coefficient (Wildman–Crippen LogP) is 3.37. The minimum absolute atomic E-state index is 0.126. The summed E-state index contributed by atoms with van der Waals surface area (Å²) in [7, 11) is 0. The Labute approximate surface area is 129 Å². The average molecular weight is 319 g/mol. The molecule has 0 radical (unpaired) electrons. The summed E-state index contributed by atoms with van der Waals surface area (Å²) in [5.41, 5.74) is 0.814. The fourth-order valence-corrected chi connectivity index (χ4v) is 2.34. The number of aliphatic hydroxyl groups is 1. The maximum atomic E-state index is 11.8. The lowest BCUT2D eigenvalue weighted by atomic mass is 10.1. The molecular formula is C14H20Cl2N2O2. The highest BCUT2D eigenvalue weighted by Gasteiger charge is 2.13. The third kappa shape index (κ3) is 5.57. The van der Waals surface area contributed by atoms with Crippen LogP contribution < -0.4 is 10.6 Å². The molecule has 0 saturated carbocycles. The van der Waals surface area contributed by atoms with Crippen molar-refractivity contribution in [3.05, 3.63) is 33.8 Å². The first-order valence-corrected chi connectivity index (χ1v) is 7.29. The number of hydrogen-bond donors (Lipinski definition) is 3. The van der Waals surface area contributed by atoms with Crippen LogP contribution in [-0.2, 0) is 0 Å². The third-order valence-corrected chi connectivity index (χ3v) is 3.57. The van der Waals surface area contributed by atoms with Gasteiger partial charge in [-0.15, -0.1) is 0 Å². The van der Waals surface area contributed by atoms with Crippen LogP contribution in [-0.4, -0.2) is 24.3 Å². The summed E-state index contributed by atoms with van der Waals surface area (Å²) in [4.78, 5) is 11.8. The molecule has 0 bridgehead atoms. The maximum absolute atomic E-state index is 11.8. The van der Waals surface area contributed by atoms with Gasteiger partial charge in [0.1, 0.15) is 0 Å². The number of carbonyl (C=O) groups excluding carboxylic acids is 1. The van der Waals surface area contributed by atoms with Gasteiger partial charge < -0.3 is 15.7 Å². The van der Waals surface area contributed by atoms with E-state index in [0.717, 1.165) is 5.56 Å². The van der Waals surface area contributed by atoms with Crippen molar-refractivity contribution >= 4 is 29.2 Å². The van der Waals surface area contributed by atoms with Crippen molar-refractivity contribution in [2.75, 3.05) is 13.2 Å². The van der Waals surface area contributed by atoms with E-state index in [1.165, 1.54) is 0 Å². The van der Waals surface area contributed by atoms with Crippen molar-refractivity contribution in [1.82, 2.24) is 10.6 Å². The number of hydrogen-bond acceptors (Lipinski definition) is 2. The molecule has 0 spiro atoms. The lowest BCUT2D eigenvalue weighted by Gasteiger charge is -2.18. The Morgan fingerprint density at radius 1 is 1.35 bits per heavy atom. The fraction of sp³-hybridized carbons (Fsp3) is 0.500. The monoisotopic (exact) mass is 318 g/mol. The molecular weight excluding hydrogens is 299 g/mol. The topological polar surface area (TPSA) is 61.4 Å². The Balaban J connectivity index is 2.49. The predicted molar refractivity (Wildman–Crippen MR) is 82.3 cm³/mol. The largest absolute Gasteiger partial charge is 0.396 e. The molecule has 0 fully saturated rings. The van der Waals surface area contributed by atoms with Crippen LogP contribution in [0.3, 0.4) is 0 Å².